The highest BCUT2D eigenvalue weighted by Crippen LogP contribution is 2.39. The minimum atomic E-state index is -0.246. The van der Waals surface area contributed by atoms with E-state index < -0.39 is 0 Å². The number of carbonyl (C=O) groups is 1. The number of hydrogen-bond donors (Lipinski definition) is 3. The van der Waals surface area contributed by atoms with E-state index in [1.807, 2.05) is 16.9 Å². The van der Waals surface area contributed by atoms with Gasteiger partial charge in [-0.25, -0.2) is 9.78 Å². The Morgan fingerprint density at radius 1 is 1.41 bits per heavy atom. The molecule has 0 spiro atoms. The SMILES string of the molecule is CC1(C)Cc2c(-c3cc(NC(=O)NC[C@H]4CCNC4)ncc3Cl)cnn2C1. The van der Waals surface area contributed by atoms with Crippen LogP contribution in [-0.2, 0) is 13.0 Å². The van der Waals surface area contributed by atoms with Crippen molar-refractivity contribution in [1.82, 2.24) is 25.4 Å². The predicted molar refractivity (Wildman–Crippen MR) is 106 cm³/mol. The molecule has 1 atom stereocenters. The van der Waals surface area contributed by atoms with Crippen LogP contribution in [0, 0.1) is 11.3 Å². The fourth-order valence-corrected chi connectivity index (χ4v) is 4.08. The summed E-state index contributed by atoms with van der Waals surface area (Å²) < 4.78 is 2.04. The Bertz CT molecular complexity index is 856. The molecule has 8 heteroatoms. The summed E-state index contributed by atoms with van der Waals surface area (Å²) in [6.07, 6.45) is 5.46. The highest BCUT2D eigenvalue weighted by atomic mass is 35.5. The Kier molecular flexibility index (Phi) is 4.82. The maximum Gasteiger partial charge on any atom is 0.320 e. The number of hydrogen-bond acceptors (Lipinski definition) is 4. The summed E-state index contributed by atoms with van der Waals surface area (Å²) in [6.45, 7) is 7.99. The molecule has 0 aromatic carbocycles. The molecule has 2 amide bonds. The second-order valence-electron chi connectivity index (χ2n) is 8.25. The van der Waals surface area contributed by atoms with Gasteiger partial charge in [-0.05, 0) is 43.3 Å². The number of halogens is 1. The van der Waals surface area contributed by atoms with Crippen molar-refractivity contribution in [2.75, 3.05) is 25.0 Å². The molecule has 1 fully saturated rings. The van der Waals surface area contributed by atoms with E-state index in [0.717, 1.165) is 43.6 Å². The quantitative estimate of drug-likeness (QED) is 0.751. The molecule has 4 rings (SSSR count). The maximum atomic E-state index is 12.2. The van der Waals surface area contributed by atoms with Crippen LogP contribution in [0.25, 0.3) is 11.1 Å². The number of nitrogens with one attached hydrogen (secondary N) is 3. The topological polar surface area (TPSA) is 83.9 Å². The molecule has 0 saturated carbocycles. The van der Waals surface area contributed by atoms with Crippen LogP contribution in [0.4, 0.5) is 10.6 Å². The molecule has 0 aliphatic carbocycles. The summed E-state index contributed by atoms with van der Waals surface area (Å²) in [5.74, 6) is 0.969. The molecule has 144 valence electrons. The van der Waals surface area contributed by atoms with Gasteiger partial charge < -0.3 is 10.6 Å². The zero-order valence-electron chi connectivity index (χ0n) is 15.7. The lowest BCUT2D eigenvalue weighted by Gasteiger charge is -2.15. The molecule has 1 saturated heterocycles. The molecule has 0 radical (unpaired) electrons. The smallest absolute Gasteiger partial charge is 0.320 e. The number of carbonyl (C=O) groups excluding carboxylic acids is 1. The number of pyridine rings is 1. The Morgan fingerprint density at radius 3 is 3.04 bits per heavy atom. The zero-order valence-corrected chi connectivity index (χ0v) is 16.4. The summed E-state index contributed by atoms with van der Waals surface area (Å²) in [5, 5.41) is 14.1. The third kappa shape index (κ3) is 3.94. The molecule has 2 aliphatic heterocycles. The summed E-state index contributed by atoms with van der Waals surface area (Å²) in [6, 6.07) is 1.58. The van der Waals surface area contributed by atoms with E-state index in [2.05, 4.69) is 39.9 Å². The van der Waals surface area contributed by atoms with Crippen LogP contribution in [0.3, 0.4) is 0 Å². The van der Waals surface area contributed by atoms with Crippen LogP contribution < -0.4 is 16.0 Å². The summed E-state index contributed by atoms with van der Waals surface area (Å²) in [5.41, 5.74) is 3.22. The molecule has 2 aliphatic rings. The second kappa shape index (κ2) is 7.13. The van der Waals surface area contributed by atoms with Gasteiger partial charge in [0, 0.05) is 36.1 Å². The van der Waals surface area contributed by atoms with Crippen LogP contribution in [-0.4, -0.2) is 40.4 Å². The van der Waals surface area contributed by atoms with E-state index in [1.165, 1.54) is 5.69 Å². The average molecular weight is 389 g/mol. The summed E-state index contributed by atoms with van der Waals surface area (Å²) in [7, 11) is 0. The van der Waals surface area contributed by atoms with Gasteiger partial charge in [-0.15, -0.1) is 0 Å². The van der Waals surface area contributed by atoms with Crippen molar-refractivity contribution < 1.29 is 4.79 Å². The van der Waals surface area contributed by atoms with Crippen LogP contribution in [0.5, 0.6) is 0 Å². The second-order valence-corrected chi connectivity index (χ2v) is 8.65. The third-order valence-electron chi connectivity index (χ3n) is 5.27. The van der Waals surface area contributed by atoms with Crippen LogP contribution in [0.1, 0.15) is 26.0 Å². The monoisotopic (exact) mass is 388 g/mol. The largest absolute Gasteiger partial charge is 0.338 e. The van der Waals surface area contributed by atoms with Crippen molar-refractivity contribution in [3.63, 3.8) is 0 Å². The van der Waals surface area contributed by atoms with Crippen molar-refractivity contribution in [2.24, 2.45) is 11.3 Å². The summed E-state index contributed by atoms with van der Waals surface area (Å²) in [4.78, 5) is 16.4. The molecule has 4 heterocycles. The number of amides is 2. The normalized spacial score (nSPS) is 20.5. The van der Waals surface area contributed by atoms with Gasteiger partial charge in [0.15, 0.2) is 0 Å². The molecule has 0 bridgehead atoms. The van der Waals surface area contributed by atoms with E-state index in [4.69, 9.17) is 11.6 Å². The van der Waals surface area contributed by atoms with Gasteiger partial charge in [0.1, 0.15) is 5.82 Å². The molecular weight excluding hydrogens is 364 g/mol. The van der Waals surface area contributed by atoms with Gasteiger partial charge in [0.05, 0.1) is 11.2 Å². The number of fused-ring (bicyclic) bond motifs is 1. The van der Waals surface area contributed by atoms with Crippen LogP contribution in [0.2, 0.25) is 5.02 Å². The Morgan fingerprint density at radius 2 is 2.26 bits per heavy atom. The van der Waals surface area contributed by atoms with Crippen LogP contribution in [0.15, 0.2) is 18.5 Å². The minimum Gasteiger partial charge on any atom is -0.338 e. The highest BCUT2D eigenvalue weighted by molar-refractivity contribution is 6.33. The standard InChI is InChI=1S/C19H25ClN6O/c1-19(2)6-16-14(9-24-26(16)11-19)13-5-17(22-10-15(13)20)25-18(27)23-8-12-3-4-21-7-12/h5,9-10,12,21H,3-4,6-8,11H2,1-2H3,(H2,22,23,25,27)/t12-/m0/s1. The fourth-order valence-electron chi connectivity index (χ4n) is 3.87. The van der Waals surface area contributed by atoms with Crippen LogP contribution >= 0.6 is 11.6 Å². The van der Waals surface area contributed by atoms with Gasteiger partial charge in [0.25, 0.3) is 0 Å². The molecule has 27 heavy (non-hydrogen) atoms. The van der Waals surface area contributed by atoms with Gasteiger partial charge in [-0.2, -0.15) is 5.10 Å². The third-order valence-corrected chi connectivity index (χ3v) is 5.57. The van der Waals surface area contributed by atoms with Gasteiger partial charge in [-0.1, -0.05) is 25.4 Å². The van der Waals surface area contributed by atoms with Gasteiger partial charge >= 0.3 is 6.03 Å². The summed E-state index contributed by atoms with van der Waals surface area (Å²) >= 11 is 6.41. The van der Waals surface area contributed by atoms with Gasteiger partial charge in [-0.3, -0.25) is 10.00 Å². The highest BCUT2D eigenvalue weighted by Gasteiger charge is 2.32. The fraction of sp³-hybridized carbons (Fsp3) is 0.526. The van der Waals surface area contributed by atoms with Gasteiger partial charge in [0.2, 0.25) is 0 Å². The van der Waals surface area contributed by atoms with E-state index in [0.29, 0.717) is 23.3 Å². The number of rotatable bonds is 4. The van der Waals surface area contributed by atoms with E-state index in [9.17, 15) is 4.79 Å². The lowest BCUT2D eigenvalue weighted by molar-refractivity contribution is 0.250. The Hall–Kier alpha value is -2.12. The average Bonchev–Trinajstić information content (AvgIpc) is 3.31. The number of nitrogens with zero attached hydrogens (tertiary/aromatic N) is 3. The van der Waals surface area contributed by atoms with Crippen molar-refractivity contribution in [3.8, 4) is 11.1 Å². The lowest BCUT2D eigenvalue weighted by Crippen LogP contribution is -2.33. The van der Waals surface area contributed by atoms with E-state index >= 15 is 0 Å². The Balaban J connectivity index is 1.48. The lowest BCUT2D eigenvalue weighted by atomic mass is 9.89. The van der Waals surface area contributed by atoms with E-state index in [1.54, 1.807) is 6.20 Å². The first kappa shape index (κ1) is 18.3. The number of urea groups is 1. The molecule has 2 aromatic heterocycles. The molecule has 3 N–H and O–H groups in total. The molecular formula is C19H25ClN6O. The number of anilines is 1. The zero-order chi connectivity index (χ0) is 19.0. The molecule has 2 aromatic rings. The van der Waals surface area contributed by atoms with Crippen molar-refractivity contribution >= 4 is 23.4 Å². The van der Waals surface area contributed by atoms with Crippen molar-refractivity contribution in [1.29, 1.82) is 0 Å². The minimum absolute atomic E-state index is 0.188. The Labute approximate surface area is 163 Å². The first-order valence-corrected chi connectivity index (χ1v) is 9.75. The maximum absolute atomic E-state index is 12.2. The first-order chi connectivity index (χ1) is 12.9. The first-order valence-electron chi connectivity index (χ1n) is 9.37. The van der Waals surface area contributed by atoms with E-state index in [-0.39, 0.29) is 11.4 Å². The van der Waals surface area contributed by atoms with Crippen molar-refractivity contribution in [3.05, 3.63) is 29.2 Å². The predicted octanol–water partition coefficient (Wildman–Crippen LogP) is 2.91. The number of aromatic nitrogens is 3. The van der Waals surface area contributed by atoms with Crippen molar-refractivity contribution in [2.45, 2.75) is 33.2 Å². The molecule has 7 nitrogen and oxygen atoms in total. The molecule has 0 unspecified atom stereocenters.